The van der Waals surface area contributed by atoms with Gasteiger partial charge in [0.2, 0.25) is 0 Å². The smallest absolute Gasteiger partial charge is 0.156 e. The van der Waals surface area contributed by atoms with Crippen LogP contribution in [0.25, 0.3) is 0 Å². The molecule has 1 saturated heterocycles. The first kappa shape index (κ1) is 21.6. The maximum Gasteiger partial charge on any atom is 0.156 e. The average Bonchev–Trinajstić information content (AvgIpc) is 3.39. The Kier molecular flexibility index (Phi) is 4.96. The maximum absolute atomic E-state index is 12.3. The van der Waals surface area contributed by atoms with Gasteiger partial charge in [0.15, 0.2) is 5.78 Å². The molecule has 1 heterocycles. The lowest BCUT2D eigenvalue weighted by Gasteiger charge is -2.56. The van der Waals surface area contributed by atoms with Gasteiger partial charge in [-0.1, -0.05) is 31.6 Å². The van der Waals surface area contributed by atoms with Gasteiger partial charge in [0, 0.05) is 44.1 Å². The van der Waals surface area contributed by atoms with Crippen molar-refractivity contribution < 1.29 is 9.53 Å². The second kappa shape index (κ2) is 7.57. The summed E-state index contributed by atoms with van der Waals surface area (Å²) in [5, 5.41) is 0. The minimum absolute atomic E-state index is 0.0774. The van der Waals surface area contributed by atoms with Crippen molar-refractivity contribution in [3.63, 3.8) is 0 Å². The van der Waals surface area contributed by atoms with Crippen molar-refractivity contribution >= 4 is 11.5 Å². The standard InChI is InChI=1S/C30H39NO2/c1-19-16-21-17-23(32)10-11-24(21)28-25(20-6-8-22(9-7-20)31(3)4)18-29(2)26(27(19)28)12-14-30(29)13-5-15-33-30/h6-9,17,19,25-27H,5,10-16,18H2,1-4H3/t19-,25+,26-,27-,29-,30?/m0/s1. The molecule has 0 radical (unpaired) electrons. The van der Waals surface area contributed by atoms with Gasteiger partial charge in [0.25, 0.3) is 0 Å². The van der Waals surface area contributed by atoms with Crippen LogP contribution in [0.1, 0.15) is 76.7 Å². The molecule has 0 N–H and O–H groups in total. The average molecular weight is 446 g/mol. The summed E-state index contributed by atoms with van der Waals surface area (Å²) in [6.45, 7) is 5.98. The molecule has 1 aliphatic heterocycles. The number of carbonyl (C=O) groups excluding carboxylic acids is 1. The van der Waals surface area contributed by atoms with E-state index in [1.165, 1.54) is 48.9 Å². The quantitative estimate of drug-likeness (QED) is 0.524. The fourth-order valence-electron chi connectivity index (χ4n) is 8.74. The zero-order valence-corrected chi connectivity index (χ0v) is 20.8. The lowest BCUT2D eigenvalue weighted by Crippen LogP contribution is -2.52. The molecule has 1 aromatic carbocycles. The predicted molar refractivity (Wildman–Crippen MR) is 133 cm³/mol. The van der Waals surface area contributed by atoms with Crippen molar-refractivity contribution in [3.05, 3.63) is 52.6 Å². The second-order valence-corrected chi connectivity index (χ2v) is 12.0. The van der Waals surface area contributed by atoms with Gasteiger partial charge in [-0.05, 0) is 97.6 Å². The van der Waals surface area contributed by atoms with Gasteiger partial charge in [0.1, 0.15) is 0 Å². The number of fused-ring (bicyclic) bond motifs is 5. The van der Waals surface area contributed by atoms with Crippen LogP contribution in [-0.2, 0) is 9.53 Å². The monoisotopic (exact) mass is 445 g/mol. The van der Waals surface area contributed by atoms with Crippen molar-refractivity contribution in [2.24, 2.45) is 23.2 Å². The highest BCUT2D eigenvalue weighted by Crippen LogP contribution is 2.70. The Balaban J connectivity index is 1.52. The number of allylic oxidation sites excluding steroid dienone is 4. The molecule has 33 heavy (non-hydrogen) atoms. The van der Waals surface area contributed by atoms with Crippen LogP contribution >= 0.6 is 0 Å². The molecule has 1 aromatic rings. The van der Waals surface area contributed by atoms with Crippen LogP contribution in [0.4, 0.5) is 5.69 Å². The summed E-state index contributed by atoms with van der Waals surface area (Å²) in [6.07, 6.45) is 10.9. The van der Waals surface area contributed by atoms with Crippen LogP contribution in [0.15, 0.2) is 47.1 Å². The molecular weight excluding hydrogens is 406 g/mol. The second-order valence-electron chi connectivity index (χ2n) is 12.0. The minimum Gasteiger partial charge on any atom is -0.378 e. The number of hydrogen-bond acceptors (Lipinski definition) is 3. The third-order valence-corrected chi connectivity index (χ3v) is 10.3. The zero-order chi connectivity index (χ0) is 23.0. The van der Waals surface area contributed by atoms with E-state index in [1.807, 2.05) is 6.08 Å². The number of ether oxygens (including phenoxy) is 1. The van der Waals surface area contributed by atoms with Gasteiger partial charge in [-0.2, -0.15) is 0 Å². The van der Waals surface area contributed by atoms with Gasteiger partial charge in [-0.15, -0.1) is 0 Å². The van der Waals surface area contributed by atoms with Crippen LogP contribution in [0.2, 0.25) is 0 Å². The molecule has 6 rings (SSSR count). The molecule has 2 saturated carbocycles. The van der Waals surface area contributed by atoms with Crippen molar-refractivity contribution in [1.82, 2.24) is 0 Å². The van der Waals surface area contributed by atoms with E-state index in [0.29, 0.717) is 35.9 Å². The van der Waals surface area contributed by atoms with E-state index < -0.39 is 0 Å². The number of ketones is 1. The molecule has 0 amide bonds. The summed E-state index contributed by atoms with van der Waals surface area (Å²) in [6, 6.07) is 9.33. The number of carbonyl (C=O) groups is 1. The highest BCUT2D eigenvalue weighted by atomic mass is 16.5. The Morgan fingerprint density at radius 2 is 1.88 bits per heavy atom. The topological polar surface area (TPSA) is 29.5 Å². The minimum atomic E-state index is 0.0774. The summed E-state index contributed by atoms with van der Waals surface area (Å²) in [5.41, 5.74) is 7.62. The first-order valence-electron chi connectivity index (χ1n) is 13.2. The summed E-state index contributed by atoms with van der Waals surface area (Å²) in [5.74, 6) is 2.66. The Morgan fingerprint density at radius 1 is 1.09 bits per heavy atom. The lowest BCUT2D eigenvalue weighted by atomic mass is 9.49. The lowest BCUT2D eigenvalue weighted by molar-refractivity contribution is -0.115. The molecule has 3 nitrogen and oxygen atoms in total. The Hall–Kier alpha value is -1.87. The summed E-state index contributed by atoms with van der Waals surface area (Å²) >= 11 is 0. The van der Waals surface area contributed by atoms with Crippen LogP contribution in [0.3, 0.4) is 0 Å². The summed E-state index contributed by atoms with van der Waals surface area (Å²) < 4.78 is 6.67. The third kappa shape index (κ3) is 3.07. The first-order chi connectivity index (χ1) is 15.8. The molecular formula is C30H39NO2. The van der Waals surface area contributed by atoms with E-state index in [-0.39, 0.29) is 11.0 Å². The number of hydrogen-bond donors (Lipinski definition) is 0. The van der Waals surface area contributed by atoms with Crippen LogP contribution in [-0.4, -0.2) is 32.1 Å². The van der Waals surface area contributed by atoms with Crippen LogP contribution in [0.5, 0.6) is 0 Å². The largest absolute Gasteiger partial charge is 0.378 e. The van der Waals surface area contributed by atoms with Gasteiger partial charge in [-0.25, -0.2) is 0 Å². The summed E-state index contributed by atoms with van der Waals surface area (Å²) in [4.78, 5) is 14.5. The van der Waals surface area contributed by atoms with Gasteiger partial charge < -0.3 is 9.64 Å². The molecule has 176 valence electrons. The number of rotatable bonds is 2. The van der Waals surface area contributed by atoms with Crippen molar-refractivity contribution in [1.29, 1.82) is 0 Å². The SMILES string of the molecule is C[C@H]1CC2=CC(=O)CCC2=C2[C@@H]1[C@@H]1CCC3(CCCO3)[C@@]1(C)C[C@@H]2c1ccc(N(C)C)cc1. The third-order valence-electron chi connectivity index (χ3n) is 10.3. The molecule has 1 unspecified atom stereocenters. The normalized spacial score (nSPS) is 39.9. The maximum atomic E-state index is 12.3. The first-order valence-corrected chi connectivity index (χ1v) is 13.2. The van der Waals surface area contributed by atoms with E-state index in [2.05, 4.69) is 57.1 Å². The highest BCUT2D eigenvalue weighted by Gasteiger charge is 2.65. The van der Waals surface area contributed by atoms with Crippen LogP contribution < -0.4 is 4.90 Å². The van der Waals surface area contributed by atoms with E-state index in [1.54, 1.807) is 11.1 Å². The Labute approximate surface area is 199 Å². The van der Waals surface area contributed by atoms with Crippen molar-refractivity contribution in [2.45, 2.75) is 76.7 Å². The van der Waals surface area contributed by atoms with Gasteiger partial charge in [0.05, 0.1) is 5.60 Å². The van der Waals surface area contributed by atoms with Crippen LogP contribution in [0, 0.1) is 23.2 Å². The van der Waals surface area contributed by atoms with Gasteiger partial charge in [-0.3, -0.25) is 4.79 Å². The Morgan fingerprint density at radius 3 is 2.58 bits per heavy atom. The molecule has 3 heteroatoms. The molecule has 5 aliphatic rings. The van der Waals surface area contributed by atoms with E-state index in [4.69, 9.17) is 4.74 Å². The number of anilines is 1. The molecule has 1 spiro atoms. The van der Waals surface area contributed by atoms with Gasteiger partial charge >= 0.3 is 0 Å². The zero-order valence-electron chi connectivity index (χ0n) is 20.8. The molecule has 4 aliphatic carbocycles. The van der Waals surface area contributed by atoms with E-state index >= 15 is 0 Å². The van der Waals surface area contributed by atoms with Crippen molar-refractivity contribution in [2.75, 3.05) is 25.6 Å². The highest BCUT2D eigenvalue weighted by molar-refractivity contribution is 5.93. The Bertz CT molecular complexity index is 1030. The van der Waals surface area contributed by atoms with Crippen molar-refractivity contribution in [3.8, 4) is 0 Å². The predicted octanol–water partition coefficient (Wildman–Crippen LogP) is 6.45. The number of nitrogens with zero attached hydrogens (tertiary/aromatic N) is 1. The van der Waals surface area contributed by atoms with E-state index in [9.17, 15) is 4.79 Å². The van der Waals surface area contributed by atoms with E-state index in [0.717, 1.165) is 19.4 Å². The molecule has 0 bridgehead atoms. The molecule has 3 fully saturated rings. The molecule has 6 atom stereocenters. The summed E-state index contributed by atoms with van der Waals surface area (Å²) in [7, 11) is 4.22. The fraction of sp³-hybridized carbons (Fsp3) is 0.633. The number of benzene rings is 1. The fourth-order valence-corrected chi connectivity index (χ4v) is 8.74. The molecule has 0 aromatic heterocycles.